The molecule has 0 heterocycles. The van der Waals surface area contributed by atoms with Crippen molar-refractivity contribution in [3.05, 3.63) is 145 Å². The fourth-order valence-electron chi connectivity index (χ4n) is 9.30. The molecule has 5 aromatic carbocycles. The van der Waals surface area contributed by atoms with Crippen LogP contribution in [0.1, 0.15) is 81.3 Å². The fraction of sp³-hybridized carbons (Fsp3) is 0.267. The third-order valence-electron chi connectivity index (χ3n) is 11.3. The molecule has 0 unspecified atom stereocenters. The Bertz CT molecular complexity index is 2250. The molecule has 2 aliphatic rings. The standard InChI is InChI=1S/C23H29.C10H7.C6H4Cl.C5H5.CH2.2ClH.Zr/c1-14-9-16-11-17-10-15(2)21(23(6,7)8)13-19(17)18(16)12-20(14)22(3,4)5;1-2-6-10-8-4-3-7-9(10)5-1;7-6-4-2-1-3-5-6;1-2-4-5-3-1;;;;/h9,12-13H,11H2,1-8H3;1-7H;1-2,4-5H;1-3H,4H2;1H2;2*1H;. The van der Waals surface area contributed by atoms with Crippen molar-refractivity contribution in [2.75, 3.05) is 0 Å². The number of allylic oxidation sites excluding steroid dienone is 4. The first kappa shape index (κ1) is 37.7. The van der Waals surface area contributed by atoms with E-state index in [0.717, 1.165) is 17.9 Å². The molecule has 0 radical (unpaired) electrons. The molecule has 254 valence electrons. The minimum absolute atomic E-state index is 0. The van der Waals surface area contributed by atoms with Crippen LogP contribution in [0.2, 0.25) is 5.02 Å². The Balaban J connectivity index is 0.00000234. The number of hydrogen-bond acceptors (Lipinski definition) is 0. The van der Waals surface area contributed by atoms with Crippen molar-refractivity contribution in [2.45, 2.75) is 79.1 Å². The van der Waals surface area contributed by atoms with Crippen LogP contribution in [0.15, 0.2) is 106 Å². The fourth-order valence-corrected chi connectivity index (χ4v) is 27.0. The van der Waals surface area contributed by atoms with E-state index >= 15 is 0 Å². The molecule has 0 N–H and O–H groups in total. The average molecular weight is 787 g/mol. The molecule has 0 nitrogen and oxygen atoms in total. The molecule has 0 atom stereocenters. The summed E-state index contributed by atoms with van der Waals surface area (Å²) in [5.41, 5.74) is 11.3. The van der Waals surface area contributed by atoms with Crippen LogP contribution in [0, 0.1) is 13.8 Å². The second-order valence-electron chi connectivity index (χ2n) is 16.3. The van der Waals surface area contributed by atoms with E-state index in [0.29, 0.717) is 0 Å². The summed E-state index contributed by atoms with van der Waals surface area (Å²) in [6, 6.07) is 32.2. The van der Waals surface area contributed by atoms with Gasteiger partial charge in [0.15, 0.2) is 0 Å². The number of aryl methyl sites for hydroxylation is 1. The van der Waals surface area contributed by atoms with Crippen LogP contribution in [-0.2, 0) is 35.5 Å². The Morgan fingerprint density at radius 3 is 2.04 bits per heavy atom. The molecule has 49 heavy (non-hydrogen) atoms. The Labute approximate surface area is 312 Å². The summed E-state index contributed by atoms with van der Waals surface area (Å²) in [6.07, 6.45) is 8.84. The predicted molar refractivity (Wildman–Crippen MR) is 219 cm³/mol. The maximum atomic E-state index is 6.99. The third-order valence-corrected chi connectivity index (χ3v) is 28.2. The van der Waals surface area contributed by atoms with Crippen LogP contribution in [-0.4, -0.2) is 4.21 Å². The summed E-state index contributed by atoms with van der Waals surface area (Å²) in [4.78, 5) is 0. The van der Waals surface area contributed by atoms with Crippen LogP contribution in [0.25, 0.3) is 21.9 Å². The monoisotopic (exact) mass is 784 g/mol. The van der Waals surface area contributed by atoms with Gasteiger partial charge in [0.05, 0.1) is 0 Å². The zero-order valence-electron chi connectivity index (χ0n) is 30.1. The van der Waals surface area contributed by atoms with E-state index < -0.39 is 18.3 Å². The molecule has 0 aromatic heterocycles. The second kappa shape index (κ2) is 12.9. The first-order valence-electron chi connectivity index (χ1n) is 17.1. The molecule has 0 fully saturated rings. The van der Waals surface area contributed by atoms with E-state index in [1.54, 1.807) is 0 Å². The topological polar surface area (TPSA) is 0 Å². The molecule has 0 bridgehead atoms. The van der Waals surface area contributed by atoms with E-state index in [2.05, 4.69) is 152 Å². The zero-order valence-corrected chi connectivity index (χ0v) is 35.0. The van der Waals surface area contributed by atoms with Gasteiger partial charge in [0.25, 0.3) is 0 Å². The van der Waals surface area contributed by atoms with Crippen molar-refractivity contribution in [3.8, 4) is 11.1 Å². The Hall–Kier alpha value is -2.54. The van der Waals surface area contributed by atoms with E-state index in [1.807, 2.05) is 6.07 Å². The van der Waals surface area contributed by atoms with Crippen molar-refractivity contribution >= 4 is 61.2 Å². The molecule has 0 spiro atoms. The van der Waals surface area contributed by atoms with Crippen molar-refractivity contribution in [1.29, 1.82) is 0 Å². The van der Waals surface area contributed by atoms with Crippen LogP contribution < -0.4 is 9.81 Å². The summed E-state index contributed by atoms with van der Waals surface area (Å²) in [5.74, 6) is 0. The summed E-state index contributed by atoms with van der Waals surface area (Å²) in [5, 5.41) is 3.34. The van der Waals surface area contributed by atoms with Gasteiger partial charge in [0.2, 0.25) is 0 Å². The molecule has 2 aliphatic carbocycles. The molecule has 0 aliphatic heterocycles. The number of hydrogen-bond donors (Lipinski definition) is 0. The third kappa shape index (κ3) is 5.63. The van der Waals surface area contributed by atoms with Gasteiger partial charge in [0.1, 0.15) is 0 Å². The van der Waals surface area contributed by atoms with Gasteiger partial charge in [-0.05, 0) is 0 Å². The normalized spacial score (nSPS) is 14.2. The van der Waals surface area contributed by atoms with Gasteiger partial charge in [-0.25, -0.2) is 0 Å². The van der Waals surface area contributed by atoms with E-state index in [1.165, 1.54) is 68.4 Å². The van der Waals surface area contributed by atoms with Gasteiger partial charge in [-0.1, -0.05) is 0 Å². The van der Waals surface area contributed by atoms with Gasteiger partial charge in [0, 0.05) is 0 Å². The molecule has 0 saturated heterocycles. The van der Waals surface area contributed by atoms with Crippen LogP contribution in [0.3, 0.4) is 0 Å². The van der Waals surface area contributed by atoms with Gasteiger partial charge < -0.3 is 0 Å². The van der Waals surface area contributed by atoms with Gasteiger partial charge in [-0.2, -0.15) is 0 Å². The molecule has 5 aromatic rings. The number of rotatable bonds is 4. The van der Waals surface area contributed by atoms with Crippen molar-refractivity contribution < 1.29 is 18.3 Å². The molecule has 7 rings (SSSR count). The Morgan fingerprint density at radius 2 is 1.39 bits per heavy atom. The molecule has 0 amide bonds. The van der Waals surface area contributed by atoms with Crippen LogP contribution in [0.4, 0.5) is 0 Å². The zero-order chi connectivity index (χ0) is 33.5. The number of benzene rings is 5. The average Bonchev–Trinajstić information content (AvgIpc) is 3.67. The SMILES string of the molecule is Cl.Cl.[CH2]=[Zr]([C]1=CC=CC1)([c]1cccc(Cl)c1)([c]1c(C)c(C(C)(C)C)cc2c1Cc1cc(C)c(C(C)(C)C)cc1-2)[c]1cccc2ccccc12. The summed E-state index contributed by atoms with van der Waals surface area (Å²) in [7, 11) is 0. The van der Waals surface area contributed by atoms with E-state index in [9.17, 15) is 0 Å². The second-order valence-corrected chi connectivity index (χ2v) is 29.4. The molecular weight excluding hydrogens is 738 g/mol. The number of halogens is 3. The predicted octanol–water partition coefficient (Wildman–Crippen LogP) is 11.4. The first-order chi connectivity index (χ1) is 22.1. The summed E-state index contributed by atoms with van der Waals surface area (Å²) in [6.45, 7) is 18.8. The molecule has 0 saturated carbocycles. The first-order valence-corrected chi connectivity index (χ1v) is 24.1. The van der Waals surface area contributed by atoms with Gasteiger partial charge in [-0.15, -0.1) is 24.8 Å². The van der Waals surface area contributed by atoms with Crippen LogP contribution in [0.5, 0.6) is 0 Å². The summed E-state index contributed by atoms with van der Waals surface area (Å²) >= 11 is 1.90. The Morgan fingerprint density at radius 1 is 0.735 bits per heavy atom. The van der Waals surface area contributed by atoms with Crippen molar-refractivity contribution in [3.63, 3.8) is 0 Å². The minimum atomic E-state index is -5.10. The molecular formula is C45H49Cl3Zr. The Kier molecular flexibility index (Phi) is 9.93. The van der Waals surface area contributed by atoms with Gasteiger partial charge in [-0.3, -0.25) is 0 Å². The van der Waals surface area contributed by atoms with Crippen molar-refractivity contribution in [1.82, 2.24) is 0 Å². The summed E-state index contributed by atoms with van der Waals surface area (Å²) < 4.78 is 11.5. The van der Waals surface area contributed by atoms with E-state index in [4.69, 9.17) is 15.8 Å². The molecule has 4 heteroatoms. The quantitative estimate of drug-likeness (QED) is 0.167. The number of fused-ring (bicyclic) bond motifs is 4. The maximum absolute atomic E-state index is 6.99. The van der Waals surface area contributed by atoms with Crippen molar-refractivity contribution in [2.24, 2.45) is 0 Å². The van der Waals surface area contributed by atoms with Crippen LogP contribution >= 0.6 is 36.4 Å². The van der Waals surface area contributed by atoms with Gasteiger partial charge >= 0.3 is 290 Å². The van der Waals surface area contributed by atoms with E-state index in [-0.39, 0.29) is 35.6 Å².